The lowest BCUT2D eigenvalue weighted by Crippen LogP contribution is -2.27. The maximum absolute atomic E-state index is 12.4. The highest BCUT2D eigenvalue weighted by Gasteiger charge is 2.39. The standard InChI is InChI=1S/C21H28N2O2/c1-13-9-19(13)21(25)23-18-4-2-3-17(12-18)20(24)22-8-7-16-11-14-5-6-15(16)10-14/h2-4,12-16,19H,5-11H2,1H3,(H,22,24)(H,23,25). The molecule has 3 saturated carbocycles. The molecule has 0 saturated heterocycles. The monoisotopic (exact) mass is 340 g/mol. The van der Waals surface area contributed by atoms with E-state index >= 15 is 0 Å². The zero-order valence-corrected chi connectivity index (χ0v) is 15.0. The van der Waals surface area contributed by atoms with E-state index in [1.54, 1.807) is 6.07 Å². The summed E-state index contributed by atoms with van der Waals surface area (Å²) in [6.07, 6.45) is 7.66. The fraction of sp³-hybridized carbons (Fsp3) is 0.619. The minimum atomic E-state index is -0.0426. The number of hydrogen-bond acceptors (Lipinski definition) is 2. The Balaban J connectivity index is 1.26. The molecule has 0 aliphatic heterocycles. The molecule has 3 aliphatic rings. The van der Waals surface area contributed by atoms with Gasteiger partial charge in [-0.2, -0.15) is 0 Å². The third-order valence-corrected chi connectivity index (χ3v) is 6.52. The Labute approximate surface area is 149 Å². The van der Waals surface area contributed by atoms with Gasteiger partial charge < -0.3 is 10.6 Å². The van der Waals surface area contributed by atoms with Crippen molar-refractivity contribution >= 4 is 17.5 Å². The van der Waals surface area contributed by atoms with Crippen LogP contribution in [0.2, 0.25) is 0 Å². The number of carbonyl (C=O) groups excluding carboxylic acids is 2. The van der Waals surface area contributed by atoms with Gasteiger partial charge in [0.2, 0.25) is 5.91 Å². The van der Waals surface area contributed by atoms with E-state index < -0.39 is 0 Å². The van der Waals surface area contributed by atoms with E-state index in [0.29, 0.717) is 17.2 Å². The molecule has 4 nitrogen and oxygen atoms in total. The predicted octanol–water partition coefficient (Wildman–Crippen LogP) is 3.84. The summed E-state index contributed by atoms with van der Waals surface area (Å²) in [7, 11) is 0. The Bertz CT molecular complexity index is 672. The average Bonchev–Trinajstić information content (AvgIpc) is 3.02. The fourth-order valence-electron chi connectivity index (χ4n) is 4.86. The number of nitrogens with one attached hydrogen (secondary N) is 2. The highest BCUT2D eigenvalue weighted by molar-refractivity contribution is 5.98. The molecule has 2 N–H and O–H groups in total. The molecule has 1 aromatic rings. The second-order valence-corrected chi connectivity index (χ2v) is 8.37. The topological polar surface area (TPSA) is 58.2 Å². The third kappa shape index (κ3) is 3.73. The van der Waals surface area contributed by atoms with Gasteiger partial charge in [-0.3, -0.25) is 9.59 Å². The lowest BCUT2D eigenvalue weighted by atomic mass is 9.86. The number of carbonyl (C=O) groups is 2. The molecule has 2 amide bonds. The minimum absolute atomic E-state index is 0.0426. The highest BCUT2D eigenvalue weighted by atomic mass is 16.2. The number of rotatable bonds is 6. The molecule has 0 radical (unpaired) electrons. The number of amides is 2. The van der Waals surface area contributed by atoms with Gasteiger partial charge in [-0.1, -0.05) is 19.4 Å². The van der Waals surface area contributed by atoms with Crippen LogP contribution in [0.4, 0.5) is 5.69 Å². The van der Waals surface area contributed by atoms with Gasteiger partial charge in [0, 0.05) is 23.7 Å². The summed E-state index contributed by atoms with van der Waals surface area (Å²) < 4.78 is 0. The van der Waals surface area contributed by atoms with E-state index in [1.807, 2.05) is 18.2 Å². The van der Waals surface area contributed by atoms with Crippen molar-refractivity contribution in [2.45, 2.75) is 45.4 Å². The smallest absolute Gasteiger partial charge is 0.251 e. The molecule has 0 aromatic heterocycles. The Kier molecular flexibility index (Phi) is 4.53. The van der Waals surface area contributed by atoms with Gasteiger partial charge in [-0.25, -0.2) is 0 Å². The quantitative estimate of drug-likeness (QED) is 0.827. The first-order valence-electron chi connectivity index (χ1n) is 9.79. The normalized spacial score (nSPS) is 32.4. The molecule has 3 fully saturated rings. The van der Waals surface area contributed by atoms with Crippen LogP contribution in [-0.2, 0) is 4.79 Å². The van der Waals surface area contributed by atoms with Crippen LogP contribution >= 0.6 is 0 Å². The summed E-state index contributed by atoms with van der Waals surface area (Å²) in [5.41, 5.74) is 1.33. The van der Waals surface area contributed by atoms with E-state index in [2.05, 4.69) is 17.6 Å². The lowest BCUT2D eigenvalue weighted by molar-refractivity contribution is -0.117. The second-order valence-electron chi connectivity index (χ2n) is 8.37. The molecular formula is C21H28N2O2. The summed E-state index contributed by atoms with van der Waals surface area (Å²) >= 11 is 0. The highest BCUT2D eigenvalue weighted by Crippen LogP contribution is 2.49. The SMILES string of the molecule is CC1CC1C(=O)Nc1cccc(C(=O)NCCC2CC3CCC2C3)c1. The van der Waals surface area contributed by atoms with Gasteiger partial charge >= 0.3 is 0 Å². The van der Waals surface area contributed by atoms with E-state index in [0.717, 1.165) is 37.1 Å². The van der Waals surface area contributed by atoms with Crippen LogP contribution in [0.3, 0.4) is 0 Å². The van der Waals surface area contributed by atoms with Gasteiger partial charge in [0.15, 0.2) is 0 Å². The van der Waals surface area contributed by atoms with Gasteiger partial charge in [-0.05, 0) is 74.0 Å². The minimum Gasteiger partial charge on any atom is -0.352 e. The van der Waals surface area contributed by atoms with Crippen molar-refractivity contribution in [3.05, 3.63) is 29.8 Å². The van der Waals surface area contributed by atoms with Crippen molar-refractivity contribution in [3.63, 3.8) is 0 Å². The Morgan fingerprint density at radius 2 is 2.00 bits per heavy atom. The van der Waals surface area contributed by atoms with Crippen LogP contribution in [0.5, 0.6) is 0 Å². The molecule has 5 atom stereocenters. The lowest BCUT2D eigenvalue weighted by Gasteiger charge is -2.21. The molecule has 3 aliphatic carbocycles. The fourth-order valence-corrected chi connectivity index (χ4v) is 4.86. The van der Waals surface area contributed by atoms with Crippen molar-refractivity contribution in [2.24, 2.45) is 29.6 Å². The van der Waals surface area contributed by atoms with Gasteiger partial charge in [0.1, 0.15) is 0 Å². The molecule has 4 heteroatoms. The van der Waals surface area contributed by atoms with Gasteiger partial charge in [0.05, 0.1) is 0 Å². The zero-order valence-electron chi connectivity index (χ0n) is 15.0. The van der Waals surface area contributed by atoms with Gasteiger partial charge in [-0.15, -0.1) is 0 Å². The maximum atomic E-state index is 12.4. The largest absolute Gasteiger partial charge is 0.352 e. The predicted molar refractivity (Wildman–Crippen MR) is 98.2 cm³/mol. The van der Waals surface area contributed by atoms with Crippen LogP contribution in [0, 0.1) is 29.6 Å². The summed E-state index contributed by atoms with van der Waals surface area (Å²) in [5.74, 6) is 3.33. The van der Waals surface area contributed by atoms with E-state index in [9.17, 15) is 9.59 Å². The second kappa shape index (κ2) is 6.81. The van der Waals surface area contributed by atoms with Crippen molar-refractivity contribution in [2.75, 3.05) is 11.9 Å². The number of benzene rings is 1. The third-order valence-electron chi connectivity index (χ3n) is 6.52. The maximum Gasteiger partial charge on any atom is 0.251 e. The zero-order chi connectivity index (χ0) is 17.4. The van der Waals surface area contributed by atoms with Crippen LogP contribution in [0.15, 0.2) is 24.3 Å². The summed E-state index contributed by atoms with van der Waals surface area (Å²) in [5, 5.41) is 5.99. The van der Waals surface area contributed by atoms with E-state index in [1.165, 1.54) is 25.7 Å². The molecule has 0 spiro atoms. The molecular weight excluding hydrogens is 312 g/mol. The molecule has 4 rings (SSSR count). The Hall–Kier alpha value is -1.84. The molecule has 1 aromatic carbocycles. The van der Waals surface area contributed by atoms with Crippen molar-refractivity contribution < 1.29 is 9.59 Å². The van der Waals surface area contributed by atoms with Crippen molar-refractivity contribution in [1.29, 1.82) is 0 Å². The summed E-state index contributed by atoms with van der Waals surface area (Å²) in [6.45, 7) is 2.84. The van der Waals surface area contributed by atoms with Crippen LogP contribution in [0.1, 0.15) is 55.8 Å². The number of anilines is 1. The van der Waals surface area contributed by atoms with Gasteiger partial charge in [0.25, 0.3) is 5.91 Å². The van der Waals surface area contributed by atoms with Crippen molar-refractivity contribution in [1.82, 2.24) is 5.32 Å². The molecule has 134 valence electrons. The van der Waals surface area contributed by atoms with Crippen LogP contribution in [0.25, 0.3) is 0 Å². The Morgan fingerprint density at radius 1 is 1.16 bits per heavy atom. The number of fused-ring (bicyclic) bond motifs is 2. The Morgan fingerprint density at radius 3 is 2.68 bits per heavy atom. The van der Waals surface area contributed by atoms with E-state index in [4.69, 9.17) is 0 Å². The van der Waals surface area contributed by atoms with Crippen molar-refractivity contribution in [3.8, 4) is 0 Å². The first kappa shape index (κ1) is 16.6. The van der Waals surface area contributed by atoms with Crippen LogP contribution in [-0.4, -0.2) is 18.4 Å². The molecule has 0 heterocycles. The van der Waals surface area contributed by atoms with Crippen LogP contribution < -0.4 is 10.6 Å². The summed E-state index contributed by atoms with van der Waals surface area (Å²) in [6, 6.07) is 7.26. The first-order chi connectivity index (χ1) is 12.1. The molecule has 25 heavy (non-hydrogen) atoms. The number of hydrogen-bond donors (Lipinski definition) is 2. The molecule has 2 bridgehead atoms. The van der Waals surface area contributed by atoms with E-state index in [-0.39, 0.29) is 17.7 Å². The molecule has 5 unspecified atom stereocenters. The first-order valence-corrected chi connectivity index (χ1v) is 9.79. The average molecular weight is 340 g/mol. The summed E-state index contributed by atoms with van der Waals surface area (Å²) in [4.78, 5) is 24.4.